The molecular formula is C19H24N2O. The fraction of sp³-hybridized carbons (Fsp3) is 0.316. The minimum Gasteiger partial charge on any atom is -0.372 e. The molecule has 1 N–H and O–H groups in total. The van der Waals surface area contributed by atoms with E-state index in [0.29, 0.717) is 5.56 Å². The molecule has 116 valence electrons. The van der Waals surface area contributed by atoms with Gasteiger partial charge in [0.25, 0.3) is 5.91 Å². The summed E-state index contributed by atoms with van der Waals surface area (Å²) < 4.78 is 0. The lowest BCUT2D eigenvalue weighted by molar-refractivity contribution is 0.102. The van der Waals surface area contributed by atoms with E-state index in [-0.39, 0.29) is 5.91 Å². The molecule has 0 aliphatic heterocycles. The number of carbonyl (C=O) groups excluding carboxylic acids is 1. The van der Waals surface area contributed by atoms with Gasteiger partial charge in [0.15, 0.2) is 0 Å². The fourth-order valence-electron chi connectivity index (χ4n) is 2.46. The van der Waals surface area contributed by atoms with Gasteiger partial charge in [-0.2, -0.15) is 0 Å². The van der Waals surface area contributed by atoms with Gasteiger partial charge in [0.2, 0.25) is 0 Å². The van der Waals surface area contributed by atoms with E-state index in [4.69, 9.17) is 0 Å². The first-order valence-corrected chi connectivity index (χ1v) is 7.96. The Morgan fingerprint density at radius 3 is 2.05 bits per heavy atom. The molecule has 2 rings (SSSR count). The Balaban J connectivity index is 2.03. The van der Waals surface area contributed by atoms with Crippen molar-refractivity contribution in [2.75, 3.05) is 23.3 Å². The van der Waals surface area contributed by atoms with Crippen molar-refractivity contribution in [3.05, 3.63) is 60.2 Å². The van der Waals surface area contributed by atoms with Crippen molar-refractivity contribution in [2.45, 2.75) is 26.7 Å². The Morgan fingerprint density at radius 1 is 0.909 bits per heavy atom. The number of anilines is 2. The zero-order valence-electron chi connectivity index (χ0n) is 13.4. The van der Waals surface area contributed by atoms with Gasteiger partial charge in [0, 0.05) is 30.0 Å². The topological polar surface area (TPSA) is 32.3 Å². The molecule has 0 atom stereocenters. The number of hydrogen-bond donors (Lipinski definition) is 1. The van der Waals surface area contributed by atoms with E-state index < -0.39 is 0 Å². The number of carbonyl (C=O) groups is 1. The molecule has 0 saturated carbocycles. The minimum atomic E-state index is -0.0766. The van der Waals surface area contributed by atoms with Crippen LogP contribution in [-0.4, -0.2) is 19.0 Å². The quantitative estimate of drug-likeness (QED) is 0.812. The van der Waals surface area contributed by atoms with Gasteiger partial charge in [-0.25, -0.2) is 0 Å². The van der Waals surface area contributed by atoms with E-state index in [9.17, 15) is 4.79 Å². The average molecular weight is 296 g/mol. The summed E-state index contributed by atoms with van der Waals surface area (Å²) in [6.07, 6.45) is 2.26. The molecule has 0 bridgehead atoms. The number of nitrogens with one attached hydrogen (secondary N) is 1. The Hall–Kier alpha value is -2.29. The third-order valence-corrected chi connectivity index (χ3v) is 3.51. The van der Waals surface area contributed by atoms with Crippen LogP contribution in [0, 0.1) is 0 Å². The normalized spacial score (nSPS) is 10.3. The molecule has 0 aromatic heterocycles. The predicted molar refractivity (Wildman–Crippen MR) is 93.6 cm³/mol. The molecular weight excluding hydrogens is 272 g/mol. The van der Waals surface area contributed by atoms with Gasteiger partial charge in [-0.05, 0) is 49.2 Å². The van der Waals surface area contributed by atoms with Crippen molar-refractivity contribution in [3.8, 4) is 0 Å². The summed E-state index contributed by atoms with van der Waals surface area (Å²) in [5, 5.41) is 2.93. The lowest BCUT2D eigenvalue weighted by Crippen LogP contribution is -2.24. The van der Waals surface area contributed by atoms with Crippen LogP contribution in [-0.2, 0) is 0 Å². The molecule has 0 unspecified atom stereocenters. The van der Waals surface area contributed by atoms with Crippen molar-refractivity contribution < 1.29 is 4.79 Å². The van der Waals surface area contributed by atoms with Gasteiger partial charge in [-0.15, -0.1) is 0 Å². The highest BCUT2D eigenvalue weighted by atomic mass is 16.1. The van der Waals surface area contributed by atoms with E-state index in [1.807, 2.05) is 42.5 Å². The third kappa shape index (κ3) is 4.35. The molecule has 0 aliphatic carbocycles. The summed E-state index contributed by atoms with van der Waals surface area (Å²) in [5.74, 6) is -0.0766. The second-order valence-corrected chi connectivity index (χ2v) is 5.35. The smallest absolute Gasteiger partial charge is 0.255 e. The van der Waals surface area contributed by atoms with Crippen LogP contribution in [0.3, 0.4) is 0 Å². The molecule has 0 fully saturated rings. The molecule has 2 aromatic rings. The Bertz CT molecular complexity index is 572. The lowest BCUT2D eigenvalue weighted by atomic mass is 10.2. The maximum atomic E-state index is 12.1. The molecule has 0 saturated heterocycles. The Labute approximate surface area is 133 Å². The lowest BCUT2D eigenvalue weighted by Gasteiger charge is -2.24. The highest BCUT2D eigenvalue weighted by molar-refractivity contribution is 6.04. The molecule has 2 aromatic carbocycles. The van der Waals surface area contributed by atoms with Gasteiger partial charge in [-0.1, -0.05) is 32.0 Å². The van der Waals surface area contributed by atoms with Crippen molar-refractivity contribution in [1.82, 2.24) is 0 Å². The van der Waals surface area contributed by atoms with Gasteiger partial charge in [-0.3, -0.25) is 4.79 Å². The van der Waals surface area contributed by atoms with E-state index in [0.717, 1.165) is 31.6 Å². The van der Waals surface area contributed by atoms with E-state index in [2.05, 4.69) is 36.2 Å². The summed E-state index contributed by atoms with van der Waals surface area (Å²) in [4.78, 5) is 14.5. The van der Waals surface area contributed by atoms with Gasteiger partial charge >= 0.3 is 0 Å². The van der Waals surface area contributed by atoms with Gasteiger partial charge < -0.3 is 10.2 Å². The van der Waals surface area contributed by atoms with Crippen molar-refractivity contribution in [1.29, 1.82) is 0 Å². The number of benzene rings is 2. The second-order valence-electron chi connectivity index (χ2n) is 5.35. The zero-order valence-corrected chi connectivity index (χ0v) is 13.4. The monoisotopic (exact) mass is 296 g/mol. The number of amides is 1. The van der Waals surface area contributed by atoms with E-state index in [1.54, 1.807) is 0 Å². The van der Waals surface area contributed by atoms with Gasteiger partial charge in [0.1, 0.15) is 0 Å². The fourth-order valence-corrected chi connectivity index (χ4v) is 2.46. The number of nitrogens with zero attached hydrogens (tertiary/aromatic N) is 1. The van der Waals surface area contributed by atoms with Crippen LogP contribution in [0.2, 0.25) is 0 Å². The minimum absolute atomic E-state index is 0.0766. The first-order valence-electron chi connectivity index (χ1n) is 7.96. The summed E-state index contributed by atoms with van der Waals surface area (Å²) in [6.45, 7) is 6.50. The average Bonchev–Trinajstić information content (AvgIpc) is 2.56. The van der Waals surface area contributed by atoms with Crippen LogP contribution in [0.25, 0.3) is 0 Å². The summed E-state index contributed by atoms with van der Waals surface area (Å²) >= 11 is 0. The third-order valence-electron chi connectivity index (χ3n) is 3.51. The molecule has 0 aliphatic rings. The standard InChI is InChI=1S/C19H24N2O/c1-3-14-21(15-4-2)18-12-10-17(11-13-18)20-19(22)16-8-6-5-7-9-16/h5-13H,3-4,14-15H2,1-2H3,(H,20,22). The first kappa shape index (κ1) is 16.1. The van der Waals surface area contributed by atoms with E-state index >= 15 is 0 Å². The van der Waals surface area contributed by atoms with Crippen LogP contribution >= 0.6 is 0 Å². The highest BCUT2D eigenvalue weighted by Crippen LogP contribution is 2.19. The van der Waals surface area contributed by atoms with Crippen LogP contribution in [0.15, 0.2) is 54.6 Å². The van der Waals surface area contributed by atoms with Crippen molar-refractivity contribution in [2.24, 2.45) is 0 Å². The molecule has 0 spiro atoms. The number of hydrogen-bond acceptors (Lipinski definition) is 2. The summed E-state index contributed by atoms with van der Waals surface area (Å²) in [7, 11) is 0. The SMILES string of the molecule is CCCN(CCC)c1ccc(NC(=O)c2ccccc2)cc1. The maximum absolute atomic E-state index is 12.1. The number of rotatable bonds is 7. The first-order chi connectivity index (χ1) is 10.7. The van der Waals surface area contributed by atoms with Gasteiger partial charge in [0.05, 0.1) is 0 Å². The largest absolute Gasteiger partial charge is 0.372 e. The molecule has 22 heavy (non-hydrogen) atoms. The van der Waals surface area contributed by atoms with Crippen molar-refractivity contribution in [3.63, 3.8) is 0 Å². The van der Waals surface area contributed by atoms with Crippen LogP contribution in [0.5, 0.6) is 0 Å². The maximum Gasteiger partial charge on any atom is 0.255 e. The Kier molecular flexibility index (Phi) is 6.01. The summed E-state index contributed by atoms with van der Waals surface area (Å²) in [5.41, 5.74) is 2.71. The predicted octanol–water partition coefficient (Wildman–Crippen LogP) is 4.57. The molecule has 0 heterocycles. The highest BCUT2D eigenvalue weighted by Gasteiger charge is 2.07. The molecule has 3 heteroatoms. The van der Waals surface area contributed by atoms with Crippen LogP contribution in [0.1, 0.15) is 37.0 Å². The van der Waals surface area contributed by atoms with Crippen molar-refractivity contribution >= 4 is 17.3 Å². The molecule has 3 nitrogen and oxygen atoms in total. The zero-order chi connectivity index (χ0) is 15.8. The van der Waals surface area contributed by atoms with Crippen LogP contribution < -0.4 is 10.2 Å². The Morgan fingerprint density at radius 2 is 1.50 bits per heavy atom. The van der Waals surface area contributed by atoms with Crippen LogP contribution in [0.4, 0.5) is 11.4 Å². The molecule has 1 amide bonds. The van der Waals surface area contributed by atoms with E-state index in [1.165, 1.54) is 5.69 Å². The molecule has 0 radical (unpaired) electrons. The second kappa shape index (κ2) is 8.23. The summed E-state index contributed by atoms with van der Waals surface area (Å²) in [6, 6.07) is 17.3.